The first kappa shape index (κ1) is 18.4. The zero-order chi connectivity index (χ0) is 13.5. The molecule has 0 aromatic carbocycles. The number of hydrogen-bond donors (Lipinski definition) is 3. The van der Waals surface area contributed by atoms with Crippen molar-refractivity contribution in [1.82, 2.24) is 0 Å². The van der Waals surface area contributed by atoms with Crippen molar-refractivity contribution in [3.05, 3.63) is 12.7 Å². The van der Waals surface area contributed by atoms with Crippen LogP contribution in [0.15, 0.2) is 12.7 Å². The van der Waals surface area contributed by atoms with E-state index < -0.39 is 11.9 Å². The Kier molecular flexibility index (Phi) is 16.3. The van der Waals surface area contributed by atoms with E-state index in [4.69, 9.17) is 10.2 Å². The van der Waals surface area contributed by atoms with E-state index in [0.717, 1.165) is 25.0 Å². The van der Waals surface area contributed by atoms with Crippen molar-refractivity contribution in [2.24, 2.45) is 0 Å². The molecule has 0 bridgehead atoms. The lowest BCUT2D eigenvalue weighted by molar-refractivity contribution is -0.138. The molecule has 0 saturated heterocycles. The molecular formula is C12H22O4S. The molecule has 100 valence electrons. The summed E-state index contributed by atoms with van der Waals surface area (Å²) >= 11 is 3.80. The minimum Gasteiger partial charge on any atom is -0.481 e. The summed E-state index contributed by atoms with van der Waals surface area (Å²) in [5.74, 6) is -0.740. The second-order valence-corrected chi connectivity index (χ2v) is 3.89. The van der Waals surface area contributed by atoms with Crippen LogP contribution >= 0.6 is 12.6 Å². The van der Waals surface area contributed by atoms with Gasteiger partial charge >= 0.3 is 11.9 Å². The molecule has 0 radical (unpaired) electrons. The predicted molar refractivity (Wildman–Crippen MR) is 71.6 cm³/mol. The third-order valence-electron chi connectivity index (χ3n) is 1.91. The highest BCUT2D eigenvalue weighted by Gasteiger charge is 1.98. The molecule has 0 aliphatic rings. The van der Waals surface area contributed by atoms with E-state index in [0.29, 0.717) is 12.8 Å². The number of unbranched alkanes of at least 4 members (excludes halogenated alkanes) is 4. The molecule has 5 heteroatoms. The minimum absolute atomic E-state index is 0.221. The van der Waals surface area contributed by atoms with Gasteiger partial charge in [0.1, 0.15) is 0 Å². The van der Waals surface area contributed by atoms with Crippen LogP contribution in [0.2, 0.25) is 0 Å². The van der Waals surface area contributed by atoms with Gasteiger partial charge in [-0.25, -0.2) is 0 Å². The molecule has 0 aromatic rings. The highest BCUT2D eigenvalue weighted by atomic mass is 32.1. The largest absolute Gasteiger partial charge is 0.481 e. The average molecular weight is 262 g/mol. The monoisotopic (exact) mass is 262 g/mol. The molecule has 0 aliphatic carbocycles. The fourth-order valence-electron chi connectivity index (χ4n) is 1.08. The van der Waals surface area contributed by atoms with Crippen LogP contribution in [-0.4, -0.2) is 27.9 Å². The molecule has 0 aliphatic heterocycles. The molecular weight excluding hydrogens is 240 g/mol. The van der Waals surface area contributed by atoms with Gasteiger partial charge in [-0.2, -0.15) is 12.6 Å². The van der Waals surface area contributed by atoms with Gasteiger partial charge < -0.3 is 10.2 Å². The SMILES string of the molecule is C=CCS.O=C(O)CCCCCCCC(=O)O. The molecule has 0 rings (SSSR count). The fourth-order valence-corrected chi connectivity index (χ4v) is 1.08. The number of aliphatic carboxylic acids is 2. The summed E-state index contributed by atoms with van der Waals surface area (Å²) in [5.41, 5.74) is 0. The maximum absolute atomic E-state index is 10.1. The molecule has 0 fully saturated rings. The van der Waals surface area contributed by atoms with Crippen LogP contribution in [0, 0.1) is 0 Å². The molecule has 4 nitrogen and oxygen atoms in total. The highest BCUT2D eigenvalue weighted by molar-refractivity contribution is 7.80. The van der Waals surface area contributed by atoms with Crippen molar-refractivity contribution in [1.29, 1.82) is 0 Å². The van der Waals surface area contributed by atoms with Gasteiger partial charge in [0.25, 0.3) is 0 Å². The van der Waals surface area contributed by atoms with Crippen molar-refractivity contribution in [3.63, 3.8) is 0 Å². The number of rotatable bonds is 9. The molecule has 0 amide bonds. The highest BCUT2D eigenvalue weighted by Crippen LogP contribution is 2.06. The summed E-state index contributed by atoms with van der Waals surface area (Å²) in [6.07, 6.45) is 6.27. The third kappa shape index (κ3) is 25.4. The first-order chi connectivity index (χ1) is 8.04. The third-order valence-corrected chi connectivity index (χ3v) is 2.17. The Morgan fingerprint density at radius 2 is 1.24 bits per heavy atom. The molecule has 0 saturated carbocycles. The van der Waals surface area contributed by atoms with Crippen molar-refractivity contribution in [2.75, 3.05) is 5.75 Å². The second-order valence-electron chi connectivity index (χ2n) is 3.53. The van der Waals surface area contributed by atoms with E-state index in [9.17, 15) is 9.59 Å². The summed E-state index contributed by atoms with van der Waals surface area (Å²) < 4.78 is 0. The molecule has 17 heavy (non-hydrogen) atoms. The summed E-state index contributed by atoms with van der Waals surface area (Å²) in [6.45, 7) is 3.40. The fraction of sp³-hybridized carbons (Fsp3) is 0.667. The van der Waals surface area contributed by atoms with Gasteiger partial charge in [0, 0.05) is 18.6 Å². The van der Waals surface area contributed by atoms with Crippen LogP contribution in [0.3, 0.4) is 0 Å². The Bertz CT molecular complexity index is 199. The van der Waals surface area contributed by atoms with E-state index in [-0.39, 0.29) is 12.8 Å². The van der Waals surface area contributed by atoms with E-state index in [1.807, 2.05) is 0 Å². The molecule has 0 aromatic heterocycles. The number of carboxylic acids is 2. The standard InChI is InChI=1S/C9H16O4.C3H6S/c10-8(11)6-4-2-1-3-5-7-9(12)13;1-2-3-4/h1-7H2,(H,10,11)(H,12,13);2,4H,1,3H2. The lowest BCUT2D eigenvalue weighted by Gasteiger charge is -1.97. The molecule has 0 spiro atoms. The Labute approximate surface area is 108 Å². The average Bonchev–Trinajstić information content (AvgIpc) is 2.27. The molecule has 0 unspecified atom stereocenters. The maximum Gasteiger partial charge on any atom is 0.303 e. The second kappa shape index (κ2) is 15.0. The van der Waals surface area contributed by atoms with Crippen molar-refractivity contribution < 1.29 is 19.8 Å². The van der Waals surface area contributed by atoms with Crippen LogP contribution < -0.4 is 0 Å². The lowest BCUT2D eigenvalue weighted by atomic mass is 10.1. The van der Waals surface area contributed by atoms with E-state index in [2.05, 4.69) is 19.2 Å². The smallest absolute Gasteiger partial charge is 0.303 e. The Balaban J connectivity index is 0. The van der Waals surface area contributed by atoms with Gasteiger partial charge in [-0.15, -0.1) is 6.58 Å². The number of carbonyl (C=O) groups is 2. The predicted octanol–water partition coefficient (Wildman–Crippen LogP) is 2.99. The number of hydrogen-bond acceptors (Lipinski definition) is 3. The Hall–Kier alpha value is -0.970. The van der Waals surface area contributed by atoms with Crippen molar-refractivity contribution in [2.45, 2.75) is 44.9 Å². The lowest BCUT2D eigenvalue weighted by Crippen LogP contribution is -1.95. The van der Waals surface area contributed by atoms with Gasteiger partial charge in [0.2, 0.25) is 0 Å². The van der Waals surface area contributed by atoms with Crippen LogP contribution in [0.5, 0.6) is 0 Å². The zero-order valence-electron chi connectivity index (χ0n) is 10.1. The Morgan fingerprint density at radius 1 is 0.941 bits per heavy atom. The minimum atomic E-state index is -0.759. The molecule has 0 heterocycles. The van der Waals surface area contributed by atoms with E-state index >= 15 is 0 Å². The van der Waals surface area contributed by atoms with Crippen molar-refractivity contribution >= 4 is 24.6 Å². The van der Waals surface area contributed by atoms with Gasteiger partial charge in [0.05, 0.1) is 0 Å². The normalized spacial score (nSPS) is 9.00. The van der Waals surface area contributed by atoms with Gasteiger partial charge in [0.15, 0.2) is 0 Å². The van der Waals surface area contributed by atoms with E-state index in [1.54, 1.807) is 6.08 Å². The first-order valence-electron chi connectivity index (χ1n) is 5.70. The summed E-state index contributed by atoms with van der Waals surface area (Å²) in [5, 5.41) is 16.6. The summed E-state index contributed by atoms with van der Waals surface area (Å²) in [4.78, 5) is 20.2. The van der Waals surface area contributed by atoms with Crippen LogP contribution in [0.25, 0.3) is 0 Å². The maximum atomic E-state index is 10.1. The van der Waals surface area contributed by atoms with E-state index in [1.165, 1.54) is 0 Å². The summed E-state index contributed by atoms with van der Waals surface area (Å²) in [7, 11) is 0. The van der Waals surface area contributed by atoms with Crippen LogP contribution in [0.1, 0.15) is 44.9 Å². The topological polar surface area (TPSA) is 74.6 Å². The number of carboxylic acid groups (broad SMARTS) is 2. The van der Waals surface area contributed by atoms with Gasteiger partial charge in [-0.3, -0.25) is 9.59 Å². The Morgan fingerprint density at radius 3 is 1.47 bits per heavy atom. The van der Waals surface area contributed by atoms with Crippen molar-refractivity contribution in [3.8, 4) is 0 Å². The van der Waals surface area contributed by atoms with Crippen LogP contribution in [0.4, 0.5) is 0 Å². The molecule has 2 N–H and O–H groups in total. The number of thiol groups is 1. The van der Waals surface area contributed by atoms with Gasteiger partial charge in [-0.05, 0) is 12.8 Å². The summed E-state index contributed by atoms with van der Waals surface area (Å²) in [6, 6.07) is 0. The van der Waals surface area contributed by atoms with Crippen LogP contribution in [-0.2, 0) is 9.59 Å². The molecule has 0 atom stereocenters. The van der Waals surface area contributed by atoms with Gasteiger partial charge in [-0.1, -0.05) is 25.3 Å². The zero-order valence-corrected chi connectivity index (χ0v) is 11.0. The first-order valence-corrected chi connectivity index (χ1v) is 6.33. The quantitative estimate of drug-likeness (QED) is 0.339.